The van der Waals surface area contributed by atoms with Crippen LogP contribution >= 0.6 is 0 Å². The Morgan fingerprint density at radius 3 is 2.48 bits per heavy atom. The van der Waals surface area contributed by atoms with E-state index in [4.69, 9.17) is 4.74 Å². The lowest BCUT2D eigenvalue weighted by atomic mass is 9.76. The second-order valence-electron chi connectivity index (χ2n) is 9.15. The molecule has 2 saturated heterocycles. The molecule has 8 heteroatoms. The number of morpholine rings is 1. The molecule has 1 saturated carbocycles. The minimum absolute atomic E-state index is 0.0619. The summed E-state index contributed by atoms with van der Waals surface area (Å²) in [7, 11) is -3.61. The Labute approximate surface area is 185 Å². The van der Waals surface area contributed by atoms with Crippen LogP contribution in [0.3, 0.4) is 0 Å². The van der Waals surface area contributed by atoms with Crippen LogP contribution in [0.25, 0.3) is 0 Å². The minimum atomic E-state index is -3.61. The number of rotatable bonds is 4. The van der Waals surface area contributed by atoms with Crippen molar-refractivity contribution in [2.75, 3.05) is 39.4 Å². The Kier molecular flexibility index (Phi) is 7.19. The van der Waals surface area contributed by atoms with Crippen LogP contribution < -0.4 is 0 Å². The van der Waals surface area contributed by atoms with E-state index >= 15 is 0 Å². The van der Waals surface area contributed by atoms with E-state index in [9.17, 15) is 18.3 Å². The normalized spacial score (nSPS) is 26.1. The van der Waals surface area contributed by atoms with E-state index in [-0.39, 0.29) is 30.0 Å². The Bertz CT molecular complexity index is 862. The van der Waals surface area contributed by atoms with E-state index in [1.165, 1.54) is 19.3 Å². The van der Waals surface area contributed by atoms with Gasteiger partial charge in [0, 0.05) is 26.2 Å². The summed E-state index contributed by atoms with van der Waals surface area (Å²) in [5, 5.41) is 8.83. The summed E-state index contributed by atoms with van der Waals surface area (Å²) in [6.45, 7) is 2.84. The lowest BCUT2D eigenvalue weighted by Crippen LogP contribution is -2.55. The van der Waals surface area contributed by atoms with Gasteiger partial charge in [-0.1, -0.05) is 44.2 Å². The molecule has 4 rings (SSSR count). The lowest BCUT2D eigenvalue weighted by Gasteiger charge is -2.43. The van der Waals surface area contributed by atoms with Crippen molar-refractivity contribution >= 4 is 15.9 Å². The van der Waals surface area contributed by atoms with Gasteiger partial charge in [-0.25, -0.2) is 13.2 Å². The Hall–Kier alpha value is -1.64. The molecule has 7 nitrogen and oxygen atoms in total. The zero-order valence-electron chi connectivity index (χ0n) is 18.1. The topological polar surface area (TPSA) is 87.2 Å². The highest BCUT2D eigenvalue weighted by atomic mass is 32.2. The third kappa shape index (κ3) is 5.07. The van der Waals surface area contributed by atoms with Crippen LogP contribution in [0.5, 0.6) is 0 Å². The van der Waals surface area contributed by atoms with Gasteiger partial charge >= 0.3 is 6.03 Å². The molecule has 0 spiro atoms. The minimum Gasteiger partial charge on any atom is -0.392 e. The molecular formula is C23H34N2O5S. The number of carbonyl (C=O) groups excluding carboxylic acids is 1. The smallest absolute Gasteiger partial charge is 0.320 e. The fraction of sp³-hybridized carbons (Fsp3) is 0.696. The first kappa shape index (κ1) is 22.6. The molecule has 2 atom stereocenters. The number of aliphatic hydroxyl groups is 1. The van der Waals surface area contributed by atoms with Crippen molar-refractivity contribution < 1.29 is 23.1 Å². The second kappa shape index (κ2) is 9.88. The number of piperidine rings is 1. The number of nitrogens with zero attached hydrogens (tertiary/aromatic N) is 2. The maximum absolute atomic E-state index is 13.6. The number of ether oxygens (including phenoxy) is 1. The average Bonchev–Trinajstić information content (AvgIpc) is 2.84. The summed E-state index contributed by atoms with van der Waals surface area (Å²) in [6, 6.07) is 6.50. The molecule has 0 radical (unpaired) electrons. The zero-order chi connectivity index (χ0) is 21.8. The quantitative estimate of drug-likeness (QED) is 0.762. The lowest BCUT2D eigenvalue weighted by molar-refractivity contribution is 0.0361. The van der Waals surface area contributed by atoms with Gasteiger partial charge in [-0.15, -0.1) is 0 Å². The van der Waals surface area contributed by atoms with E-state index in [1.54, 1.807) is 34.1 Å². The van der Waals surface area contributed by atoms with Crippen LogP contribution in [-0.4, -0.2) is 74.0 Å². The van der Waals surface area contributed by atoms with Crippen LogP contribution in [0.1, 0.15) is 44.1 Å². The van der Waals surface area contributed by atoms with Gasteiger partial charge in [-0.3, -0.25) is 0 Å². The summed E-state index contributed by atoms with van der Waals surface area (Å²) < 4.78 is 32.5. The molecule has 172 valence electrons. The summed E-state index contributed by atoms with van der Waals surface area (Å²) in [6.07, 6.45) is 6.47. The molecule has 2 aliphatic heterocycles. The number of sulfone groups is 1. The van der Waals surface area contributed by atoms with E-state index in [1.807, 2.05) is 0 Å². The predicted octanol–water partition coefficient (Wildman–Crippen LogP) is 2.68. The van der Waals surface area contributed by atoms with Gasteiger partial charge in [-0.2, -0.15) is 0 Å². The van der Waals surface area contributed by atoms with E-state index in [2.05, 4.69) is 0 Å². The van der Waals surface area contributed by atoms with Gasteiger partial charge in [-0.05, 0) is 36.0 Å². The maximum Gasteiger partial charge on any atom is 0.320 e. The van der Waals surface area contributed by atoms with Crippen molar-refractivity contribution in [3.8, 4) is 0 Å². The third-order valence-corrected chi connectivity index (χ3v) is 9.29. The largest absolute Gasteiger partial charge is 0.392 e. The van der Waals surface area contributed by atoms with E-state index in [0.29, 0.717) is 50.8 Å². The summed E-state index contributed by atoms with van der Waals surface area (Å²) in [5.74, 6) is 0.690. The van der Waals surface area contributed by atoms with E-state index < -0.39 is 15.1 Å². The standard InChI is InChI=1S/C23H34N2O5S/c26-17-18-5-4-8-21(13-18)31(28,29)22-14-20(19-6-2-1-3-7-19)15-25(16-22)23(27)24-9-11-30-12-10-24/h4-5,8,13,19-20,22,26H,1-3,6-7,9-12,14-17H2/t20-,22+/m0/s1. The van der Waals surface area contributed by atoms with Crippen molar-refractivity contribution in [2.45, 2.75) is 55.3 Å². The van der Waals surface area contributed by atoms with Gasteiger partial charge in [0.05, 0.1) is 30.0 Å². The Balaban J connectivity index is 1.59. The number of hydrogen-bond donors (Lipinski definition) is 1. The molecule has 1 N–H and O–H groups in total. The van der Waals surface area contributed by atoms with Gasteiger partial charge in [0.25, 0.3) is 0 Å². The van der Waals surface area contributed by atoms with Crippen LogP contribution in [0.15, 0.2) is 29.2 Å². The number of benzene rings is 1. The number of carbonyl (C=O) groups is 1. The summed E-state index contributed by atoms with van der Waals surface area (Å²) >= 11 is 0. The second-order valence-corrected chi connectivity index (χ2v) is 11.4. The zero-order valence-corrected chi connectivity index (χ0v) is 18.9. The number of aliphatic hydroxyl groups excluding tert-OH is 1. The highest BCUT2D eigenvalue weighted by molar-refractivity contribution is 7.92. The van der Waals surface area contributed by atoms with Gasteiger partial charge in [0.2, 0.25) is 0 Å². The van der Waals surface area contributed by atoms with Crippen LogP contribution in [0.4, 0.5) is 4.79 Å². The number of hydrogen-bond acceptors (Lipinski definition) is 5. The van der Waals surface area contributed by atoms with Crippen molar-refractivity contribution in [3.05, 3.63) is 29.8 Å². The molecule has 1 aromatic rings. The molecule has 0 aromatic heterocycles. The number of likely N-dealkylation sites (tertiary alicyclic amines) is 1. The highest BCUT2D eigenvalue weighted by Crippen LogP contribution is 2.38. The Morgan fingerprint density at radius 2 is 1.77 bits per heavy atom. The molecule has 0 unspecified atom stereocenters. The first-order chi connectivity index (χ1) is 15.0. The molecular weight excluding hydrogens is 416 g/mol. The summed E-state index contributed by atoms with van der Waals surface area (Å²) in [5.41, 5.74) is 0.585. The summed E-state index contributed by atoms with van der Waals surface area (Å²) in [4.78, 5) is 17.1. The molecule has 3 fully saturated rings. The molecule has 1 aliphatic carbocycles. The highest BCUT2D eigenvalue weighted by Gasteiger charge is 2.41. The van der Waals surface area contributed by atoms with Crippen molar-refractivity contribution in [1.29, 1.82) is 0 Å². The SMILES string of the molecule is O=C(N1CCOCC1)N1C[C@@H](C2CCCCC2)C[C@@H](S(=O)(=O)c2cccc(CO)c2)C1. The average molecular weight is 451 g/mol. The molecule has 1 aromatic carbocycles. The molecule has 3 aliphatic rings. The third-order valence-electron chi connectivity index (χ3n) is 7.16. The first-order valence-electron chi connectivity index (χ1n) is 11.5. The fourth-order valence-corrected chi connectivity index (χ4v) is 7.23. The predicted molar refractivity (Wildman–Crippen MR) is 117 cm³/mol. The van der Waals surface area contributed by atoms with Gasteiger partial charge in [0.15, 0.2) is 9.84 Å². The molecule has 0 bridgehead atoms. The van der Waals surface area contributed by atoms with Crippen LogP contribution in [0.2, 0.25) is 0 Å². The van der Waals surface area contributed by atoms with Gasteiger partial charge in [0.1, 0.15) is 0 Å². The molecule has 2 amide bonds. The maximum atomic E-state index is 13.6. The van der Waals surface area contributed by atoms with Crippen molar-refractivity contribution in [1.82, 2.24) is 9.80 Å². The Morgan fingerprint density at radius 1 is 1.03 bits per heavy atom. The number of amides is 2. The van der Waals surface area contributed by atoms with Crippen molar-refractivity contribution in [3.63, 3.8) is 0 Å². The molecule has 31 heavy (non-hydrogen) atoms. The fourth-order valence-electron chi connectivity index (χ4n) is 5.39. The van der Waals surface area contributed by atoms with E-state index in [0.717, 1.165) is 12.8 Å². The van der Waals surface area contributed by atoms with Crippen LogP contribution in [0, 0.1) is 11.8 Å². The number of urea groups is 1. The van der Waals surface area contributed by atoms with Crippen molar-refractivity contribution in [2.24, 2.45) is 11.8 Å². The van der Waals surface area contributed by atoms with Crippen LogP contribution in [-0.2, 0) is 21.2 Å². The molecule has 2 heterocycles. The first-order valence-corrected chi connectivity index (χ1v) is 13.1. The monoisotopic (exact) mass is 450 g/mol. The van der Waals surface area contributed by atoms with Gasteiger partial charge < -0.3 is 19.6 Å².